The summed E-state index contributed by atoms with van der Waals surface area (Å²) in [6.07, 6.45) is 0. The van der Waals surface area contributed by atoms with E-state index in [0.717, 1.165) is 34.0 Å². The summed E-state index contributed by atoms with van der Waals surface area (Å²) in [5.74, 6) is -0.826. The second-order valence-electron chi connectivity index (χ2n) is 6.38. The summed E-state index contributed by atoms with van der Waals surface area (Å²) in [6, 6.07) is 19.8. The molecule has 0 saturated carbocycles. The standard InChI is InChI=1S/C22H18N4OS2/c1-2-26-19-11-7-6-10-17(19)25-22(26)29-14-20(27)16(12-23)21-24-18(13-28-21)15-8-4-3-5-9-15/h3-11,13,16H,2,14H2,1H3. The van der Waals surface area contributed by atoms with E-state index in [1.807, 2.05) is 60.0 Å². The van der Waals surface area contributed by atoms with Crippen LogP contribution >= 0.6 is 23.1 Å². The van der Waals surface area contributed by atoms with Crippen molar-refractivity contribution in [3.8, 4) is 17.3 Å². The van der Waals surface area contributed by atoms with Gasteiger partial charge in [-0.05, 0) is 19.1 Å². The van der Waals surface area contributed by atoms with Crippen LogP contribution in [0.2, 0.25) is 0 Å². The second kappa shape index (κ2) is 8.60. The van der Waals surface area contributed by atoms with Crippen LogP contribution in [0.15, 0.2) is 65.1 Å². The van der Waals surface area contributed by atoms with Gasteiger partial charge in [-0.25, -0.2) is 9.97 Å². The van der Waals surface area contributed by atoms with Gasteiger partial charge in [0.15, 0.2) is 16.9 Å². The van der Waals surface area contributed by atoms with Crippen LogP contribution in [0.3, 0.4) is 0 Å². The molecule has 0 N–H and O–H groups in total. The highest BCUT2D eigenvalue weighted by Gasteiger charge is 2.24. The minimum absolute atomic E-state index is 0.152. The van der Waals surface area contributed by atoms with Crippen molar-refractivity contribution < 1.29 is 4.79 Å². The molecule has 0 bridgehead atoms. The number of nitriles is 1. The Balaban J connectivity index is 1.51. The van der Waals surface area contributed by atoms with Crippen LogP contribution in [0, 0.1) is 11.3 Å². The average molecular weight is 419 g/mol. The summed E-state index contributed by atoms with van der Waals surface area (Å²) in [5, 5.41) is 12.8. The largest absolute Gasteiger partial charge is 0.319 e. The van der Waals surface area contributed by atoms with Gasteiger partial charge < -0.3 is 4.57 Å². The second-order valence-corrected chi connectivity index (χ2v) is 8.21. The zero-order valence-corrected chi connectivity index (χ0v) is 17.4. The lowest BCUT2D eigenvalue weighted by Crippen LogP contribution is -2.13. The van der Waals surface area contributed by atoms with E-state index in [4.69, 9.17) is 0 Å². The Hall–Kier alpha value is -2.95. The monoisotopic (exact) mass is 418 g/mol. The van der Waals surface area contributed by atoms with E-state index in [1.165, 1.54) is 23.1 Å². The third kappa shape index (κ3) is 3.95. The summed E-state index contributed by atoms with van der Waals surface area (Å²) >= 11 is 2.73. The van der Waals surface area contributed by atoms with Crippen LogP contribution in [0.25, 0.3) is 22.3 Å². The number of hydrogen-bond acceptors (Lipinski definition) is 6. The topological polar surface area (TPSA) is 71.6 Å². The first-order chi connectivity index (χ1) is 14.2. The molecule has 0 radical (unpaired) electrons. The molecular formula is C22H18N4OS2. The Morgan fingerprint density at radius 2 is 1.93 bits per heavy atom. The van der Waals surface area contributed by atoms with Crippen molar-refractivity contribution >= 4 is 39.9 Å². The number of hydrogen-bond donors (Lipinski definition) is 0. The Kier molecular flexibility index (Phi) is 5.74. The van der Waals surface area contributed by atoms with Crippen molar-refractivity contribution in [1.82, 2.24) is 14.5 Å². The quantitative estimate of drug-likeness (QED) is 0.388. The maximum absolute atomic E-state index is 12.8. The van der Waals surface area contributed by atoms with Crippen LogP contribution in [-0.2, 0) is 11.3 Å². The van der Waals surface area contributed by atoms with E-state index in [9.17, 15) is 10.1 Å². The predicted octanol–water partition coefficient (Wildman–Crippen LogP) is 5.15. The molecule has 2 aromatic carbocycles. The molecular weight excluding hydrogens is 400 g/mol. The van der Waals surface area contributed by atoms with E-state index in [-0.39, 0.29) is 11.5 Å². The molecule has 2 aromatic heterocycles. The molecule has 0 amide bonds. The van der Waals surface area contributed by atoms with Gasteiger partial charge in [0, 0.05) is 17.5 Å². The lowest BCUT2D eigenvalue weighted by atomic mass is 10.1. The van der Waals surface area contributed by atoms with Crippen molar-refractivity contribution in [3.63, 3.8) is 0 Å². The number of rotatable bonds is 7. The molecule has 0 aliphatic heterocycles. The van der Waals surface area contributed by atoms with Crippen LogP contribution < -0.4 is 0 Å². The highest BCUT2D eigenvalue weighted by atomic mass is 32.2. The number of carbonyl (C=O) groups is 1. The summed E-state index contributed by atoms with van der Waals surface area (Å²) in [6.45, 7) is 2.82. The Labute approximate surface area is 177 Å². The third-order valence-corrected chi connectivity index (χ3v) is 6.48. The fraction of sp³-hybridized carbons (Fsp3) is 0.182. The number of benzene rings is 2. The van der Waals surface area contributed by atoms with Gasteiger partial charge in [0.1, 0.15) is 5.01 Å². The van der Waals surface area contributed by atoms with E-state index in [1.54, 1.807) is 0 Å². The van der Waals surface area contributed by atoms with Crippen molar-refractivity contribution in [2.24, 2.45) is 0 Å². The van der Waals surface area contributed by atoms with E-state index in [2.05, 4.69) is 27.5 Å². The summed E-state index contributed by atoms with van der Waals surface area (Å²) < 4.78 is 2.09. The number of imidazole rings is 1. The van der Waals surface area contributed by atoms with Gasteiger partial charge in [-0.2, -0.15) is 5.26 Å². The SMILES string of the molecule is CCn1c(SCC(=O)C(C#N)c2nc(-c3ccccc3)cs2)nc2ccccc21. The number of Topliss-reactive ketones (excluding diaryl/α,β-unsaturated/α-hetero) is 1. The van der Waals surface area contributed by atoms with Crippen molar-refractivity contribution in [2.45, 2.75) is 24.5 Å². The number of thiazole rings is 1. The normalized spacial score (nSPS) is 12.0. The molecule has 4 rings (SSSR count). The van der Waals surface area contributed by atoms with Gasteiger partial charge in [0.2, 0.25) is 0 Å². The van der Waals surface area contributed by atoms with E-state index >= 15 is 0 Å². The number of aryl methyl sites for hydroxylation is 1. The fourth-order valence-electron chi connectivity index (χ4n) is 3.11. The Bertz CT molecular complexity index is 1190. The van der Waals surface area contributed by atoms with Crippen molar-refractivity contribution in [2.75, 3.05) is 5.75 Å². The predicted molar refractivity (Wildman–Crippen MR) is 117 cm³/mol. The zero-order valence-electron chi connectivity index (χ0n) is 15.8. The Morgan fingerprint density at radius 1 is 1.17 bits per heavy atom. The van der Waals surface area contributed by atoms with Gasteiger partial charge >= 0.3 is 0 Å². The fourth-order valence-corrected chi connectivity index (χ4v) is 4.99. The molecule has 0 aliphatic rings. The molecule has 4 aromatic rings. The van der Waals surface area contributed by atoms with Crippen LogP contribution in [-0.4, -0.2) is 26.1 Å². The lowest BCUT2D eigenvalue weighted by molar-refractivity contribution is -0.116. The molecule has 0 spiro atoms. The summed E-state index contributed by atoms with van der Waals surface area (Å²) in [5.41, 5.74) is 3.73. The van der Waals surface area contributed by atoms with Crippen molar-refractivity contribution in [3.05, 3.63) is 65.0 Å². The minimum Gasteiger partial charge on any atom is -0.319 e. The van der Waals surface area contributed by atoms with Gasteiger partial charge in [-0.15, -0.1) is 11.3 Å². The van der Waals surface area contributed by atoms with E-state index in [0.29, 0.717) is 5.01 Å². The Morgan fingerprint density at radius 3 is 2.69 bits per heavy atom. The van der Waals surface area contributed by atoms with Gasteiger partial charge in [0.25, 0.3) is 0 Å². The first kappa shape index (κ1) is 19.4. The number of fused-ring (bicyclic) bond motifs is 1. The zero-order chi connectivity index (χ0) is 20.2. The molecule has 0 fully saturated rings. The summed E-state index contributed by atoms with van der Waals surface area (Å²) in [4.78, 5) is 22.0. The first-order valence-electron chi connectivity index (χ1n) is 9.22. The molecule has 2 heterocycles. The number of ketones is 1. The number of carbonyl (C=O) groups excluding carboxylic acids is 1. The molecule has 0 saturated heterocycles. The maximum Gasteiger partial charge on any atom is 0.169 e. The maximum atomic E-state index is 12.8. The minimum atomic E-state index is -0.857. The number of para-hydroxylation sites is 2. The number of thioether (sulfide) groups is 1. The molecule has 1 atom stereocenters. The smallest absolute Gasteiger partial charge is 0.169 e. The average Bonchev–Trinajstić information content (AvgIpc) is 3.38. The highest BCUT2D eigenvalue weighted by molar-refractivity contribution is 7.99. The van der Waals surface area contributed by atoms with E-state index < -0.39 is 5.92 Å². The van der Waals surface area contributed by atoms with Crippen LogP contribution in [0.4, 0.5) is 0 Å². The molecule has 7 heteroatoms. The lowest BCUT2D eigenvalue weighted by Gasteiger charge is -2.07. The molecule has 144 valence electrons. The number of aromatic nitrogens is 3. The molecule has 0 aliphatic carbocycles. The molecule has 5 nitrogen and oxygen atoms in total. The molecule has 29 heavy (non-hydrogen) atoms. The van der Waals surface area contributed by atoms with Crippen LogP contribution in [0.5, 0.6) is 0 Å². The third-order valence-electron chi connectivity index (χ3n) is 4.57. The van der Waals surface area contributed by atoms with Gasteiger partial charge in [0.05, 0.1) is 28.5 Å². The summed E-state index contributed by atoms with van der Waals surface area (Å²) in [7, 11) is 0. The first-order valence-corrected chi connectivity index (χ1v) is 11.1. The van der Waals surface area contributed by atoms with Gasteiger partial charge in [-0.1, -0.05) is 54.2 Å². The molecule has 1 unspecified atom stereocenters. The van der Waals surface area contributed by atoms with Crippen LogP contribution in [0.1, 0.15) is 17.8 Å². The highest BCUT2D eigenvalue weighted by Crippen LogP contribution is 2.29. The van der Waals surface area contributed by atoms with Crippen molar-refractivity contribution in [1.29, 1.82) is 5.26 Å². The number of nitrogens with zero attached hydrogens (tertiary/aromatic N) is 4. The van der Waals surface area contributed by atoms with Gasteiger partial charge in [-0.3, -0.25) is 4.79 Å².